The molecule has 4 N–H and O–H groups in total. The van der Waals surface area contributed by atoms with Crippen LogP contribution in [-0.4, -0.2) is 29.6 Å². The van der Waals surface area contributed by atoms with Gasteiger partial charge in [-0.25, -0.2) is 4.79 Å². The molecule has 0 fully saturated rings. The van der Waals surface area contributed by atoms with Crippen LogP contribution in [0, 0.1) is 11.3 Å². The van der Waals surface area contributed by atoms with E-state index in [4.69, 9.17) is 10.8 Å². The Kier molecular flexibility index (Phi) is 6.16. The van der Waals surface area contributed by atoms with E-state index in [1.54, 1.807) is 20.8 Å². The van der Waals surface area contributed by atoms with E-state index in [2.05, 4.69) is 5.32 Å². The van der Waals surface area contributed by atoms with Crippen molar-refractivity contribution in [3.8, 4) is 0 Å². The highest BCUT2D eigenvalue weighted by atomic mass is 16.4. The number of amides is 1. The lowest BCUT2D eigenvalue weighted by Gasteiger charge is -2.29. The standard InChI is InChI=1S/C12H24N2O3/c1-5-6-8(7-13)10(15)14-9(11(16)17)12(2,3)4/h8-9H,5-7,13H2,1-4H3,(H,14,15)(H,16,17). The average molecular weight is 244 g/mol. The number of carboxylic acid groups (broad SMARTS) is 1. The number of carboxylic acids is 1. The zero-order valence-corrected chi connectivity index (χ0v) is 11.1. The normalized spacial score (nSPS) is 15.1. The summed E-state index contributed by atoms with van der Waals surface area (Å²) in [7, 11) is 0. The molecule has 17 heavy (non-hydrogen) atoms. The molecule has 0 saturated heterocycles. The largest absolute Gasteiger partial charge is 0.480 e. The van der Waals surface area contributed by atoms with Crippen LogP contribution in [-0.2, 0) is 9.59 Å². The third-order valence-electron chi connectivity index (χ3n) is 2.69. The molecule has 0 spiro atoms. The summed E-state index contributed by atoms with van der Waals surface area (Å²) in [5.74, 6) is -1.58. The van der Waals surface area contributed by atoms with Crippen LogP contribution >= 0.6 is 0 Å². The highest BCUT2D eigenvalue weighted by Gasteiger charge is 2.33. The van der Waals surface area contributed by atoms with E-state index in [1.165, 1.54) is 0 Å². The number of aliphatic carboxylic acids is 1. The molecule has 2 unspecified atom stereocenters. The fourth-order valence-electron chi connectivity index (χ4n) is 1.61. The minimum absolute atomic E-state index is 0.246. The maximum absolute atomic E-state index is 11.9. The lowest BCUT2D eigenvalue weighted by molar-refractivity contribution is -0.145. The van der Waals surface area contributed by atoms with Gasteiger partial charge in [0.05, 0.1) is 5.92 Å². The highest BCUT2D eigenvalue weighted by molar-refractivity contribution is 5.85. The lowest BCUT2D eigenvalue weighted by Crippen LogP contribution is -2.51. The van der Waals surface area contributed by atoms with Crippen molar-refractivity contribution in [2.24, 2.45) is 17.1 Å². The van der Waals surface area contributed by atoms with Gasteiger partial charge >= 0.3 is 5.97 Å². The number of nitrogens with two attached hydrogens (primary N) is 1. The lowest BCUT2D eigenvalue weighted by atomic mass is 9.86. The molecule has 0 aromatic heterocycles. The molecule has 0 aromatic carbocycles. The second kappa shape index (κ2) is 6.59. The topological polar surface area (TPSA) is 92.4 Å². The van der Waals surface area contributed by atoms with Crippen LogP contribution in [0.1, 0.15) is 40.5 Å². The van der Waals surface area contributed by atoms with Gasteiger partial charge in [-0.05, 0) is 11.8 Å². The smallest absolute Gasteiger partial charge is 0.326 e. The van der Waals surface area contributed by atoms with Crippen molar-refractivity contribution in [2.45, 2.75) is 46.6 Å². The van der Waals surface area contributed by atoms with Crippen molar-refractivity contribution in [1.29, 1.82) is 0 Å². The minimum Gasteiger partial charge on any atom is -0.480 e. The van der Waals surface area contributed by atoms with Crippen LogP contribution in [0.15, 0.2) is 0 Å². The van der Waals surface area contributed by atoms with Crippen LogP contribution in [0.4, 0.5) is 0 Å². The number of carbonyl (C=O) groups excluding carboxylic acids is 1. The van der Waals surface area contributed by atoms with E-state index in [1.807, 2.05) is 6.92 Å². The quantitative estimate of drug-likeness (QED) is 0.649. The molecule has 5 nitrogen and oxygen atoms in total. The summed E-state index contributed by atoms with van der Waals surface area (Å²) < 4.78 is 0. The van der Waals surface area contributed by atoms with Crippen LogP contribution in [0.5, 0.6) is 0 Å². The van der Waals surface area contributed by atoms with Crippen molar-refractivity contribution in [3.05, 3.63) is 0 Å². The Hall–Kier alpha value is -1.10. The Balaban J connectivity index is 4.66. The second-order valence-corrected chi connectivity index (χ2v) is 5.37. The average Bonchev–Trinajstić information content (AvgIpc) is 2.19. The first kappa shape index (κ1) is 15.9. The molecule has 0 aromatic rings. The van der Waals surface area contributed by atoms with Gasteiger partial charge < -0.3 is 16.2 Å². The maximum atomic E-state index is 11.9. The Morgan fingerprint density at radius 3 is 2.18 bits per heavy atom. The molecule has 0 saturated carbocycles. The van der Waals surface area contributed by atoms with E-state index in [-0.39, 0.29) is 18.4 Å². The molecule has 2 atom stereocenters. The highest BCUT2D eigenvalue weighted by Crippen LogP contribution is 2.20. The molecule has 0 aliphatic carbocycles. The van der Waals surface area contributed by atoms with Gasteiger partial charge in [0.15, 0.2) is 0 Å². The number of rotatable bonds is 6. The Bertz CT molecular complexity index is 271. The Morgan fingerprint density at radius 2 is 1.88 bits per heavy atom. The van der Waals surface area contributed by atoms with Gasteiger partial charge in [0.25, 0.3) is 0 Å². The van der Waals surface area contributed by atoms with Gasteiger partial charge in [-0.1, -0.05) is 34.1 Å². The SMILES string of the molecule is CCCC(CN)C(=O)NC(C(=O)O)C(C)(C)C. The van der Waals surface area contributed by atoms with Gasteiger partial charge in [0, 0.05) is 6.54 Å². The third-order valence-corrected chi connectivity index (χ3v) is 2.69. The molecular formula is C12H24N2O3. The summed E-state index contributed by atoms with van der Waals surface area (Å²) >= 11 is 0. The molecule has 0 radical (unpaired) electrons. The van der Waals surface area contributed by atoms with E-state index in [0.29, 0.717) is 6.42 Å². The molecular weight excluding hydrogens is 220 g/mol. The van der Waals surface area contributed by atoms with Gasteiger partial charge in [0.1, 0.15) is 6.04 Å². The number of hydrogen-bond acceptors (Lipinski definition) is 3. The van der Waals surface area contributed by atoms with Crippen molar-refractivity contribution >= 4 is 11.9 Å². The zero-order chi connectivity index (χ0) is 13.6. The van der Waals surface area contributed by atoms with Gasteiger partial charge in [-0.15, -0.1) is 0 Å². The maximum Gasteiger partial charge on any atom is 0.326 e. The summed E-state index contributed by atoms with van der Waals surface area (Å²) in [6, 6.07) is -0.888. The first-order chi connectivity index (χ1) is 7.73. The van der Waals surface area contributed by atoms with Crippen LogP contribution in [0.25, 0.3) is 0 Å². The summed E-state index contributed by atoms with van der Waals surface area (Å²) in [6.45, 7) is 7.56. The monoisotopic (exact) mass is 244 g/mol. The van der Waals surface area contributed by atoms with E-state index in [0.717, 1.165) is 6.42 Å². The van der Waals surface area contributed by atoms with Crippen LogP contribution in [0.3, 0.4) is 0 Å². The van der Waals surface area contributed by atoms with E-state index in [9.17, 15) is 9.59 Å². The third kappa shape index (κ3) is 5.17. The number of nitrogens with one attached hydrogen (secondary N) is 1. The second-order valence-electron chi connectivity index (χ2n) is 5.37. The summed E-state index contributed by atoms with van der Waals surface area (Å²) in [5.41, 5.74) is 4.99. The zero-order valence-electron chi connectivity index (χ0n) is 11.1. The number of carbonyl (C=O) groups is 2. The van der Waals surface area contributed by atoms with Crippen molar-refractivity contribution in [1.82, 2.24) is 5.32 Å². The molecule has 0 bridgehead atoms. The molecule has 0 aliphatic rings. The fourth-order valence-corrected chi connectivity index (χ4v) is 1.61. The van der Waals surface area contributed by atoms with Gasteiger partial charge in [0.2, 0.25) is 5.91 Å². The fraction of sp³-hybridized carbons (Fsp3) is 0.833. The molecule has 1 amide bonds. The predicted octanol–water partition coefficient (Wildman–Crippen LogP) is 0.977. The van der Waals surface area contributed by atoms with Crippen LogP contribution < -0.4 is 11.1 Å². The first-order valence-corrected chi connectivity index (χ1v) is 5.97. The molecule has 5 heteroatoms. The Morgan fingerprint density at radius 1 is 1.35 bits per heavy atom. The molecule has 0 rings (SSSR count). The number of hydrogen-bond donors (Lipinski definition) is 3. The minimum atomic E-state index is -1.02. The predicted molar refractivity (Wildman–Crippen MR) is 66.5 cm³/mol. The van der Waals surface area contributed by atoms with Crippen molar-refractivity contribution in [2.75, 3.05) is 6.54 Å². The first-order valence-electron chi connectivity index (χ1n) is 5.97. The van der Waals surface area contributed by atoms with E-state index >= 15 is 0 Å². The summed E-state index contributed by atoms with van der Waals surface area (Å²) in [6.07, 6.45) is 1.53. The molecule has 100 valence electrons. The van der Waals surface area contributed by atoms with Crippen LogP contribution in [0.2, 0.25) is 0 Å². The molecule has 0 aliphatic heterocycles. The summed E-state index contributed by atoms with van der Waals surface area (Å²) in [5, 5.41) is 11.7. The van der Waals surface area contributed by atoms with Crippen molar-refractivity contribution in [3.63, 3.8) is 0 Å². The summed E-state index contributed by atoms with van der Waals surface area (Å²) in [4.78, 5) is 23.0. The van der Waals surface area contributed by atoms with E-state index < -0.39 is 17.4 Å². The molecule has 0 heterocycles. The van der Waals surface area contributed by atoms with Crippen molar-refractivity contribution < 1.29 is 14.7 Å². The van der Waals surface area contributed by atoms with Gasteiger partial charge in [-0.2, -0.15) is 0 Å². The van der Waals surface area contributed by atoms with Gasteiger partial charge in [-0.3, -0.25) is 4.79 Å². The Labute approximate surface area is 103 Å².